The fourth-order valence-electron chi connectivity index (χ4n) is 0.265. The molecule has 0 fully saturated rings. The van der Waals surface area contributed by atoms with Crippen LogP contribution in [0.1, 0.15) is 6.42 Å². The molecule has 0 aromatic heterocycles. The van der Waals surface area contributed by atoms with Gasteiger partial charge in [0, 0.05) is 13.0 Å². The molecule has 3 nitrogen and oxygen atoms in total. The van der Waals surface area contributed by atoms with E-state index in [9.17, 15) is 4.79 Å². The standard InChI is InChI=1S/C5H10N2O/c1-7(2)4-3-5(6)8/h4,6H,3H2,1-2H3. The zero-order chi connectivity index (χ0) is 6.57. The van der Waals surface area contributed by atoms with Gasteiger partial charge in [-0.25, -0.2) is 0 Å². The predicted octanol–water partition coefficient (Wildman–Crippen LogP) is -0.0906. The van der Waals surface area contributed by atoms with Crippen LogP contribution in [-0.4, -0.2) is 24.9 Å². The molecule has 0 aliphatic rings. The van der Waals surface area contributed by atoms with Crippen LogP contribution in [0.4, 0.5) is 0 Å². The molecular weight excluding hydrogens is 104 g/mol. The molecule has 0 saturated carbocycles. The van der Waals surface area contributed by atoms with Gasteiger partial charge in [0.1, 0.15) is 0 Å². The van der Waals surface area contributed by atoms with Gasteiger partial charge < -0.3 is 4.90 Å². The van der Waals surface area contributed by atoms with E-state index in [1.54, 1.807) is 11.4 Å². The molecule has 3 heteroatoms. The van der Waals surface area contributed by atoms with E-state index in [-0.39, 0.29) is 6.42 Å². The van der Waals surface area contributed by atoms with Crippen LogP contribution in [0.15, 0.2) is 0 Å². The van der Waals surface area contributed by atoms with Crippen LogP contribution in [0.5, 0.6) is 0 Å². The van der Waals surface area contributed by atoms with Crippen LogP contribution in [0, 0.1) is 6.54 Å². The van der Waals surface area contributed by atoms with Crippen molar-refractivity contribution in [1.29, 1.82) is 0 Å². The molecule has 0 heterocycles. The fourth-order valence-corrected chi connectivity index (χ4v) is 0.265. The topological polar surface area (TPSA) is 44.1 Å². The molecule has 0 aromatic rings. The van der Waals surface area contributed by atoms with E-state index in [0.29, 0.717) is 0 Å². The summed E-state index contributed by atoms with van der Waals surface area (Å²) >= 11 is 0. The van der Waals surface area contributed by atoms with Gasteiger partial charge in [-0.05, 0) is 14.1 Å². The molecule has 8 heavy (non-hydrogen) atoms. The highest BCUT2D eigenvalue weighted by Gasteiger charge is 1.94. The van der Waals surface area contributed by atoms with Gasteiger partial charge >= 0.3 is 0 Å². The third-order valence-electron chi connectivity index (χ3n) is 0.642. The third kappa shape index (κ3) is 5.43. The normalized spacial score (nSPS) is 9.88. The van der Waals surface area contributed by atoms with E-state index in [0.717, 1.165) is 0 Å². The molecule has 2 radical (unpaired) electrons. The largest absolute Gasteiger partial charge is 0.304 e. The maximum Gasteiger partial charge on any atom is 0.240 e. The molecule has 0 aliphatic carbocycles. The highest BCUT2D eigenvalue weighted by Crippen LogP contribution is 1.87. The fraction of sp³-hybridized carbons (Fsp3) is 0.600. The number of hydrogen-bond acceptors (Lipinski definition) is 2. The number of carbonyl (C=O) groups excluding carboxylic acids is 1. The molecule has 0 saturated heterocycles. The summed E-state index contributed by atoms with van der Waals surface area (Å²) in [4.78, 5) is 11.7. The van der Waals surface area contributed by atoms with Crippen molar-refractivity contribution in [2.24, 2.45) is 0 Å². The van der Waals surface area contributed by atoms with Crippen molar-refractivity contribution in [1.82, 2.24) is 10.6 Å². The Morgan fingerprint density at radius 3 is 2.38 bits per heavy atom. The number of rotatable bonds is 3. The molecule has 0 rings (SSSR count). The molecule has 0 aliphatic heterocycles. The molecule has 46 valence electrons. The molecule has 0 bridgehead atoms. The minimum absolute atomic E-state index is 0.215. The van der Waals surface area contributed by atoms with E-state index in [4.69, 9.17) is 5.73 Å². The van der Waals surface area contributed by atoms with Crippen LogP contribution < -0.4 is 5.73 Å². The first-order valence-corrected chi connectivity index (χ1v) is 2.37. The van der Waals surface area contributed by atoms with Crippen LogP contribution in [0.3, 0.4) is 0 Å². The highest BCUT2D eigenvalue weighted by atomic mass is 16.1. The Kier molecular flexibility index (Phi) is 3.19. The number of amides is 1. The van der Waals surface area contributed by atoms with Crippen molar-refractivity contribution in [3.05, 3.63) is 6.54 Å². The average molecular weight is 114 g/mol. The zero-order valence-electron chi connectivity index (χ0n) is 5.14. The quantitative estimate of drug-likeness (QED) is 0.514. The minimum atomic E-state index is -0.543. The maximum atomic E-state index is 9.96. The first-order valence-electron chi connectivity index (χ1n) is 2.37. The summed E-state index contributed by atoms with van der Waals surface area (Å²) in [6, 6.07) is 0. The molecular formula is C5H10N2O. The zero-order valence-corrected chi connectivity index (χ0v) is 5.14. The lowest BCUT2D eigenvalue weighted by molar-refractivity contribution is -0.118. The smallest absolute Gasteiger partial charge is 0.240 e. The summed E-state index contributed by atoms with van der Waals surface area (Å²) < 4.78 is 0. The van der Waals surface area contributed by atoms with E-state index in [1.807, 2.05) is 14.1 Å². The highest BCUT2D eigenvalue weighted by molar-refractivity contribution is 5.73. The van der Waals surface area contributed by atoms with E-state index in [2.05, 4.69) is 0 Å². The Balaban J connectivity index is 3.05. The van der Waals surface area contributed by atoms with Gasteiger partial charge in [-0.15, -0.1) is 0 Å². The summed E-state index contributed by atoms with van der Waals surface area (Å²) in [6.45, 7) is 1.66. The van der Waals surface area contributed by atoms with Gasteiger partial charge in [0.25, 0.3) is 0 Å². The summed E-state index contributed by atoms with van der Waals surface area (Å²) in [6.07, 6.45) is 0.215. The lowest BCUT2D eigenvalue weighted by atomic mass is 10.4. The third-order valence-corrected chi connectivity index (χ3v) is 0.642. The second-order valence-electron chi connectivity index (χ2n) is 1.77. The summed E-state index contributed by atoms with van der Waals surface area (Å²) in [7, 11) is 3.64. The maximum absolute atomic E-state index is 9.96. The second kappa shape index (κ2) is 3.43. The number of nitrogens with one attached hydrogen (secondary N) is 1. The van der Waals surface area contributed by atoms with Crippen molar-refractivity contribution in [2.75, 3.05) is 14.1 Å². The van der Waals surface area contributed by atoms with Crippen molar-refractivity contribution < 1.29 is 4.79 Å². The van der Waals surface area contributed by atoms with Gasteiger partial charge in [0.05, 0.1) is 0 Å². The van der Waals surface area contributed by atoms with Gasteiger partial charge in [0.2, 0.25) is 5.91 Å². The molecule has 0 atom stereocenters. The Labute approximate surface area is 49.5 Å². The Hall–Kier alpha value is -0.570. The molecule has 0 spiro atoms. The molecule has 0 unspecified atom stereocenters. The van der Waals surface area contributed by atoms with Crippen LogP contribution in [0.2, 0.25) is 0 Å². The number of hydrogen-bond donors (Lipinski definition) is 0. The molecule has 1 N–H and O–H groups in total. The van der Waals surface area contributed by atoms with Crippen molar-refractivity contribution in [2.45, 2.75) is 6.42 Å². The lowest BCUT2D eigenvalue weighted by Crippen LogP contribution is -2.11. The Morgan fingerprint density at radius 1 is 1.75 bits per heavy atom. The SMILES string of the molecule is CN(C)[CH]CC([NH])=O. The number of nitrogens with zero attached hydrogens (tertiary/aromatic N) is 1. The van der Waals surface area contributed by atoms with Crippen molar-refractivity contribution >= 4 is 5.91 Å². The summed E-state index contributed by atoms with van der Waals surface area (Å²) in [5.41, 5.74) is 6.47. The van der Waals surface area contributed by atoms with Crippen molar-refractivity contribution in [3.8, 4) is 0 Å². The second-order valence-corrected chi connectivity index (χ2v) is 1.77. The lowest BCUT2D eigenvalue weighted by Gasteiger charge is -2.04. The minimum Gasteiger partial charge on any atom is -0.304 e. The summed E-state index contributed by atoms with van der Waals surface area (Å²) in [5, 5.41) is 0. The Morgan fingerprint density at radius 2 is 2.25 bits per heavy atom. The monoisotopic (exact) mass is 114 g/mol. The molecule has 1 amide bonds. The van der Waals surface area contributed by atoms with Crippen LogP contribution in [-0.2, 0) is 4.79 Å². The predicted molar refractivity (Wildman–Crippen MR) is 30.7 cm³/mol. The van der Waals surface area contributed by atoms with Crippen molar-refractivity contribution in [3.63, 3.8) is 0 Å². The Bertz CT molecular complexity index is 80.5. The molecule has 0 aromatic carbocycles. The van der Waals surface area contributed by atoms with Crippen LogP contribution in [0.25, 0.3) is 0 Å². The van der Waals surface area contributed by atoms with Crippen LogP contribution >= 0.6 is 0 Å². The van der Waals surface area contributed by atoms with Gasteiger partial charge in [-0.3, -0.25) is 10.5 Å². The van der Waals surface area contributed by atoms with E-state index >= 15 is 0 Å². The van der Waals surface area contributed by atoms with Gasteiger partial charge in [-0.2, -0.15) is 0 Å². The van der Waals surface area contributed by atoms with E-state index in [1.165, 1.54) is 0 Å². The number of carbonyl (C=O) groups is 1. The first-order chi connectivity index (χ1) is 3.63. The van der Waals surface area contributed by atoms with E-state index < -0.39 is 5.91 Å². The summed E-state index contributed by atoms with van der Waals surface area (Å²) in [5.74, 6) is -0.543. The first kappa shape index (κ1) is 7.43. The average Bonchev–Trinajstić information content (AvgIpc) is 1.61. The van der Waals surface area contributed by atoms with Gasteiger partial charge in [-0.1, -0.05) is 0 Å². The van der Waals surface area contributed by atoms with Gasteiger partial charge in [0.15, 0.2) is 0 Å².